The normalized spacial score (nSPS) is 13.4. The summed E-state index contributed by atoms with van der Waals surface area (Å²) in [6.07, 6.45) is 0.567. The van der Waals surface area contributed by atoms with E-state index in [1.165, 1.54) is 0 Å². The second-order valence-corrected chi connectivity index (χ2v) is 5.70. The van der Waals surface area contributed by atoms with Crippen molar-refractivity contribution in [3.63, 3.8) is 0 Å². The van der Waals surface area contributed by atoms with E-state index in [-0.39, 0.29) is 6.61 Å². The van der Waals surface area contributed by atoms with Crippen LogP contribution in [0.2, 0.25) is 0 Å². The van der Waals surface area contributed by atoms with Crippen LogP contribution in [0.4, 0.5) is 0 Å². The Bertz CT molecular complexity index is 376. The molecule has 0 aromatic heterocycles. The molecule has 0 bridgehead atoms. The van der Waals surface area contributed by atoms with Crippen LogP contribution in [0.25, 0.3) is 0 Å². The second-order valence-electron chi connectivity index (χ2n) is 4.28. The lowest BCUT2D eigenvalue weighted by Crippen LogP contribution is -2.29. The lowest BCUT2D eigenvalue weighted by molar-refractivity contribution is 0.0764. The number of ether oxygens (including phenoxy) is 1. The molecule has 0 saturated heterocycles. The van der Waals surface area contributed by atoms with Gasteiger partial charge < -0.3 is 9.84 Å². The van der Waals surface area contributed by atoms with Crippen molar-refractivity contribution >= 4 is 11.0 Å². The number of aliphatic hydroxyl groups excluding tert-OH is 1. The summed E-state index contributed by atoms with van der Waals surface area (Å²) in [5, 5.41) is 8.90. The molecule has 1 atom stereocenters. The van der Waals surface area contributed by atoms with Crippen molar-refractivity contribution in [3.05, 3.63) is 24.3 Å². The number of nitrogens with one attached hydrogen (secondary N) is 1. The van der Waals surface area contributed by atoms with Gasteiger partial charge in [0.15, 0.2) is 0 Å². The smallest absolute Gasteiger partial charge is 0.124 e. The van der Waals surface area contributed by atoms with Crippen LogP contribution in [-0.2, 0) is 11.0 Å². The molecule has 0 saturated carbocycles. The van der Waals surface area contributed by atoms with Gasteiger partial charge in [-0.05, 0) is 45.2 Å². The highest BCUT2D eigenvalue weighted by Gasteiger charge is 2.18. The average molecular weight is 257 g/mol. The molecule has 1 aromatic carbocycles. The Kier molecular flexibility index (Phi) is 5.11. The van der Waals surface area contributed by atoms with Crippen molar-refractivity contribution in [2.45, 2.75) is 30.8 Å². The predicted octanol–water partition coefficient (Wildman–Crippen LogP) is 1.47. The average Bonchev–Trinajstić information content (AvgIpc) is 2.28. The molecule has 5 heteroatoms. The molecule has 0 heterocycles. The molecular formula is C12H19NO3S. The summed E-state index contributed by atoms with van der Waals surface area (Å²) in [7, 11) is 0.473. The molecule has 0 radical (unpaired) electrons. The van der Waals surface area contributed by atoms with Crippen molar-refractivity contribution in [3.8, 4) is 5.75 Å². The molecule has 17 heavy (non-hydrogen) atoms. The van der Waals surface area contributed by atoms with Gasteiger partial charge in [-0.1, -0.05) is 0 Å². The standard InChI is InChI=1S/C12H19NO3S/c1-12(2,8-9-14)16-10-4-6-11(7-5-10)17(15)13-3/h4-7,13-14H,8-9H2,1-3H3. The van der Waals surface area contributed by atoms with Gasteiger partial charge in [-0.3, -0.25) is 0 Å². The third-order valence-electron chi connectivity index (χ3n) is 2.33. The quantitative estimate of drug-likeness (QED) is 0.811. The van der Waals surface area contributed by atoms with E-state index in [1.807, 2.05) is 13.8 Å². The molecule has 1 rings (SSSR count). The topological polar surface area (TPSA) is 58.6 Å². The van der Waals surface area contributed by atoms with Crippen molar-refractivity contribution in [2.75, 3.05) is 13.7 Å². The largest absolute Gasteiger partial charge is 0.488 e. The van der Waals surface area contributed by atoms with Gasteiger partial charge in [0.05, 0.1) is 4.90 Å². The summed E-state index contributed by atoms with van der Waals surface area (Å²) in [6, 6.07) is 7.08. The summed E-state index contributed by atoms with van der Waals surface area (Å²) < 4.78 is 19.8. The fourth-order valence-electron chi connectivity index (χ4n) is 1.39. The summed E-state index contributed by atoms with van der Waals surface area (Å²) in [5.74, 6) is 0.709. The van der Waals surface area contributed by atoms with Gasteiger partial charge in [0.1, 0.15) is 22.3 Å². The molecule has 0 amide bonds. The Morgan fingerprint density at radius 3 is 2.41 bits per heavy atom. The van der Waals surface area contributed by atoms with Crippen molar-refractivity contribution in [1.29, 1.82) is 0 Å². The van der Waals surface area contributed by atoms with Gasteiger partial charge in [0.25, 0.3) is 0 Å². The van der Waals surface area contributed by atoms with Crippen LogP contribution < -0.4 is 9.46 Å². The zero-order valence-electron chi connectivity index (χ0n) is 10.4. The first-order valence-corrected chi connectivity index (χ1v) is 6.62. The van der Waals surface area contributed by atoms with Gasteiger partial charge >= 0.3 is 0 Å². The van der Waals surface area contributed by atoms with E-state index in [4.69, 9.17) is 9.84 Å². The Balaban J connectivity index is 2.71. The van der Waals surface area contributed by atoms with Crippen LogP contribution >= 0.6 is 0 Å². The minimum Gasteiger partial charge on any atom is -0.488 e. The van der Waals surface area contributed by atoms with Gasteiger partial charge in [-0.2, -0.15) is 0 Å². The van der Waals surface area contributed by atoms with Gasteiger partial charge in [-0.25, -0.2) is 8.93 Å². The van der Waals surface area contributed by atoms with Crippen LogP contribution in [0, 0.1) is 0 Å². The Morgan fingerprint density at radius 2 is 1.94 bits per heavy atom. The molecule has 0 aliphatic carbocycles. The maximum atomic E-state index is 11.4. The first-order chi connectivity index (χ1) is 7.98. The maximum Gasteiger partial charge on any atom is 0.124 e. The highest BCUT2D eigenvalue weighted by molar-refractivity contribution is 7.83. The highest BCUT2D eigenvalue weighted by atomic mass is 32.2. The zero-order chi connectivity index (χ0) is 12.9. The van der Waals surface area contributed by atoms with Crippen LogP contribution in [0.5, 0.6) is 5.75 Å². The van der Waals surface area contributed by atoms with E-state index in [2.05, 4.69) is 4.72 Å². The number of rotatable bonds is 6. The molecule has 1 unspecified atom stereocenters. The maximum absolute atomic E-state index is 11.4. The fourth-order valence-corrected chi connectivity index (χ4v) is 2.01. The summed E-state index contributed by atoms with van der Waals surface area (Å²) in [4.78, 5) is 0.708. The van der Waals surface area contributed by atoms with Crippen LogP contribution in [0.15, 0.2) is 29.2 Å². The number of aliphatic hydroxyl groups is 1. The lowest BCUT2D eigenvalue weighted by atomic mass is 10.1. The monoisotopic (exact) mass is 257 g/mol. The van der Waals surface area contributed by atoms with Gasteiger partial charge in [0.2, 0.25) is 0 Å². The summed E-state index contributed by atoms with van der Waals surface area (Å²) in [5.41, 5.74) is -0.404. The summed E-state index contributed by atoms with van der Waals surface area (Å²) >= 11 is 0. The van der Waals surface area contributed by atoms with E-state index in [0.29, 0.717) is 17.1 Å². The van der Waals surface area contributed by atoms with Gasteiger partial charge in [0, 0.05) is 13.0 Å². The molecule has 0 aliphatic rings. The van der Waals surface area contributed by atoms with Crippen LogP contribution in [0.3, 0.4) is 0 Å². The Labute approximate surface area is 105 Å². The Morgan fingerprint density at radius 1 is 1.35 bits per heavy atom. The number of hydrogen-bond acceptors (Lipinski definition) is 3. The van der Waals surface area contributed by atoms with E-state index in [1.54, 1.807) is 31.3 Å². The van der Waals surface area contributed by atoms with Crippen molar-refractivity contribution in [1.82, 2.24) is 4.72 Å². The lowest BCUT2D eigenvalue weighted by Gasteiger charge is -2.25. The van der Waals surface area contributed by atoms with Crippen molar-refractivity contribution < 1.29 is 14.1 Å². The van der Waals surface area contributed by atoms with Crippen molar-refractivity contribution in [2.24, 2.45) is 0 Å². The highest BCUT2D eigenvalue weighted by Crippen LogP contribution is 2.21. The molecule has 2 N–H and O–H groups in total. The summed E-state index contributed by atoms with van der Waals surface area (Å²) in [6.45, 7) is 3.93. The minimum atomic E-state index is -1.17. The third kappa shape index (κ3) is 4.46. The number of hydrogen-bond donors (Lipinski definition) is 2. The van der Waals surface area contributed by atoms with E-state index < -0.39 is 16.6 Å². The predicted molar refractivity (Wildman–Crippen MR) is 68.3 cm³/mol. The first-order valence-electron chi connectivity index (χ1n) is 5.47. The second kappa shape index (κ2) is 6.14. The number of benzene rings is 1. The van der Waals surface area contributed by atoms with Crippen LogP contribution in [-0.4, -0.2) is 28.6 Å². The SMILES string of the molecule is CNS(=O)c1ccc(OC(C)(C)CCO)cc1. The molecule has 0 fully saturated rings. The van der Waals surface area contributed by atoms with E-state index >= 15 is 0 Å². The zero-order valence-corrected chi connectivity index (χ0v) is 11.2. The fraction of sp³-hybridized carbons (Fsp3) is 0.500. The van der Waals surface area contributed by atoms with E-state index in [9.17, 15) is 4.21 Å². The molecule has 96 valence electrons. The third-order valence-corrected chi connectivity index (χ3v) is 3.40. The molecule has 4 nitrogen and oxygen atoms in total. The molecule has 0 spiro atoms. The molecule has 0 aliphatic heterocycles. The van der Waals surface area contributed by atoms with Crippen LogP contribution in [0.1, 0.15) is 20.3 Å². The first kappa shape index (κ1) is 14.2. The Hall–Kier alpha value is -0.910. The van der Waals surface area contributed by atoms with Gasteiger partial charge in [-0.15, -0.1) is 0 Å². The molecule has 1 aromatic rings. The van der Waals surface area contributed by atoms with E-state index in [0.717, 1.165) is 0 Å². The minimum absolute atomic E-state index is 0.0921. The molecular weight excluding hydrogens is 238 g/mol.